The zero-order valence-electron chi connectivity index (χ0n) is 16.6. The number of carbonyl (C=O) groups is 2. The first-order chi connectivity index (χ1) is 14.9. The number of benzene rings is 3. The van der Waals surface area contributed by atoms with E-state index in [0.717, 1.165) is 6.07 Å². The van der Waals surface area contributed by atoms with Crippen molar-refractivity contribution in [3.8, 4) is 11.5 Å². The number of halogens is 2. The summed E-state index contributed by atoms with van der Waals surface area (Å²) in [6.45, 7) is 0. The molecule has 8 heteroatoms. The molecule has 31 heavy (non-hydrogen) atoms. The third-order valence-electron chi connectivity index (χ3n) is 4.52. The highest BCUT2D eigenvalue weighted by molar-refractivity contribution is 6.30. The van der Waals surface area contributed by atoms with Crippen LogP contribution in [0.4, 0.5) is 15.8 Å². The van der Waals surface area contributed by atoms with Crippen molar-refractivity contribution in [2.45, 2.75) is 12.8 Å². The summed E-state index contributed by atoms with van der Waals surface area (Å²) in [6.07, 6.45) is 0.523. The van der Waals surface area contributed by atoms with Gasteiger partial charge in [-0.3, -0.25) is 9.59 Å². The van der Waals surface area contributed by atoms with Crippen molar-refractivity contribution < 1.29 is 23.8 Å². The van der Waals surface area contributed by atoms with E-state index in [2.05, 4.69) is 10.6 Å². The van der Waals surface area contributed by atoms with E-state index in [4.69, 9.17) is 16.3 Å². The van der Waals surface area contributed by atoms with Crippen LogP contribution in [0.25, 0.3) is 0 Å². The molecule has 0 heterocycles. The van der Waals surface area contributed by atoms with E-state index < -0.39 is 11.7 Å². The largest absolute Gasteiger partial charge is 0.508 e. The van der Waals surface area contributed by atoms with E-state index >= 15 is 0 Å². The number of para-hydroxylation sites is 1. The molecular weight excluding hydrogens is 423 g/mol. The van der Waals surface area contributed by atoms with Crippen molar-refractivity contribution in [3.05, 3.63) is 82.6 Å². The third kappa shape index (κ3) is 5.73. The average molecular weight is 443 g/mol. The summed E-state index contributed by atoms with van der Waals surface area (Å²) in [6, 6.07) is 15.3. The molecule has 0 radical (unpaired) electrons. The van der Waals surface area contributed by atoms with Gasteiger partial charge in [0.1, 0.15) is 17.3 Å². The SMILES string of the molecule is COc1ccc(NC(=O)CCc2ccccc2O)cc1NC(=O)c1ccc(Cl)cc1F. The van der Waals surface area contributed by atoms with Crippen molar-refractivity contribution in [2.24, 2.45) is 0 Å². The fourth-order valence-corrected chi connectivity index (χ4v) is 3.10. The van der Waals surface area contributed by atoms with E-state index in [1.165, 1.54) is 25.3 Å². The zero-order chi connectivity index (χ0) is 22.4. The number of methoxy groups -OCH3 is 1. The number of amides is 2. The van der Waals surface area contributed by atoms with Crippen molar-refractivity contribution in [1.82, 2.24) is 0 Å². The molecule has 0 aromatic heterocycles. The van der Waals surface area contributed by atoms with E-state index in [1.807, 2.05) is 0 Å². The first kappa shape index (κ1) is 22.1. The van der Waals surface area contributed by atoms with Gasteiger partial charge in [0.25, 0.3) is 5.91 Å². The standard InChI is InChI=1S/C23H20ClFN2O4/c1-31-21-10-8-16(26-22(29)11-6-14-4-2-3-5-20(14)28)13-19(21)27-23(30)17-9-7-15(24)12-18(17)25/h2-5,7-10,12-13,28H,6,11H2,1H3,(H,26,29)(H,27,30). The first-order valence-electron chi connectivity index (χ1n) is 9.38. The molecule has 3 aromatic rings. The molecule has 0 bridgehead atoms. The predicted molar refractivity (Wildman–Crippen MR) is 117 cm³/mol. The second-order valence-electron chi connectivity index (χ2n) is 6.67. The van der Waals surface area contributed by atoms with Gasteiger partial charge in [0.15, 0.2) is 0 Å². The monoisotopic (exact) mass is 442 g/mol. The number of hydrogen-bond acceptors (Lipinski definition) is 4. The van der Waals surface area contributed by atoms with Gasteiger partial charge in [0.2, 0.25) is 5.91 Å². The Hall–Kier alpha value is -3.58. The van der Waals surface area contributed by atoms with Gasteiger partial charge in [-0.15, -0.1) is 0 Å². The molecule has 160 valence electrons. The lowest BCUT2D eigenvalue weighted by Gasteiger charge is -2.13. The lowest BCUT2D eigenvalue weighted by molar-refractivity contribution is -0.116. The van der Waals surface area contributed by atoms with Crippen LogP contribution in [0.5, 0.6) is 11.5 Å². The van der Waals surface area contributed by atoms with Crippen LogP contribution in [0.3, 0.4) is 0 Å². The van der Waals surface area contributed by atoms with Crippen LogP contribution in [0.1, 0.15) is 22.3 Å². The third-order valence-corrected chi connectivity index (χ3v) is 4.76. The van der Waals surface area contributed by atoms with Crippen LogP contribution in [0, 0.1) is 5.82 Å². The first-order valence-corrected chi connectivity index (χ1v) is 9.76. The number of ether oxygens (including phenoxy) is 1. The average Bonchev–Trinajstić information content (AvgIpc) is 2.73. The minimum Gasteiger partial charge on any atom is -0.508 e. The number of phenols is 1. The smallest absolute Gasteiger partial charge is 0.258 e. The lowest BCUT2D eigenvalue weighted by Crippen LogP contribution is -2.16. The maximum Gasteiger partial charge on any atom is 0.258 e. The van der Waals surface area contributed by atoms with Crippen molar-refractivity contribution in [1.29, 1.82) is 0 Å². The molecule has 0 unspecified atom stereocenters. The van der Waals surface area contributed by atoms with Crippen LogP contribution >= 0.6 is 11.6 Å². The lowest BCUT2D eigenvalue weighted by atomic mass is 10.1. The number of aryl methyl sites for hydroxylation is 1. The second kappa shape index (κ2) is 9.95. The van der Waals surface area contributed by atoms with Crippen molar-refractivity contribution >= 4 is 34.8 Å². The zero-order valence-corrected chi connectivity index (χ0v) is 17.4. The summed E-state index contributed by atoms with van der Waals surface area (Å²) in [4.78, 5) is 24.8. The molecule has 0 atom stereocenters. The topological polar surface area (TPSA) is 87.7 Å². The minimum absolute atomic E-state index is 0.138. The summed E-state index contributed by atoms with van der Waals surface area (Å²) in [5.41, 5.74) is 1.18. The summed E-state index contributed by atoms with van der Waals surface area (Å²) in [5.74, 6) is -1.23. The number of rotatable bonds is 7. The molecule has 0 saturated heterocycles. The Balaban J connectivity index is 1.70. The molecule has 0 saturated carbocycles. The summed E-state index contributed by atoms with van der Waals surface area (Å²) in [5, 5.41) is 15.3. The van der Waals surface area contributed by atoms with Crippen LogP contribution < -0.4 is 15.4 Å². The van der Waals surface area contributed by atoms with Crippen molar-refractivity contribution in [3.63, 3.8) is 0 Å². The molecule has 0 fully saturated rings. The fourth-order valence-electron chi connectivity index (χ4n) is 2.94. The Morgan fingerprint density at radius 3 is 2.55 bits per heavy atom. The van der Waals surface area contributed by atoms with Gasteiger partial charge >= 0.3 is 0 Å². The van der Waals surface area contributed by atoms with Gasteiger partial charge in [-0.2, -0.15) is 0 Å². The van der Waals surface area contributed by atoms with E-state index in [0.29, 0.717) is 23.4 Å². The Morgan fingerprint density at radius 2 is 1.84 bits per heavy atom. The Morgan fingerprint density at radius 1 is 1.06 bits per heavy atom. The van der Waals surface area contributed by atoms with Gasteiger partial charge in [-0.1, -0.05) is 29.8 Å². The maximum atomic E-state index is 14.0. The number of phenolic OH excluding ortho intramolecular Hbond substituents is 1. The van der Waals surface area contributed by atoms with Gasteiger partial charge in [-0.25, -0.2) is 4.39 Å². The number of aromatic hydroxyl groups is 1. The van der Waals surface area contributed by atoms with Gasteiger partial charge in [0.05, 0.1) is 18.4 Å². The number of nitrogens with one attached hydrogen (secondary N) is 2. The molecule has 0 aliphatic rings. The highest BCUT2D eigenvalue weighted by Gasteiger charge is 2.15. The predicted octanol–water partition coefficient (Wildman–Crippen LogP) is 5.02. The van der Waals surface area contributed by atoms with Crippen LogP contribution in [-0.4, -0.2) is 24.0 Å². The Bertz CT molecular complexity index is 1120. The molecule has 3 N–H and O–H groups in total. The summed E-state index contributed by atoms with van der Waals surface area (Å²) in [7, 11) is 1.43. The second-order valence-corrected chi connectivity index (χ2v) is 7.11. The summed E-state index contributed by atoms with van der Waals surface area (Å²) >= 11 is 5.73. The Kier molecular flexibility index (Phi) is 7.10. The number of carbonyl (C=O) groups excluding carboxylic acids is 2. The van der Waals surface area contributed by atoms with Crippen LogP contribution in [0.15, 0.2) is 60.7 Å². The molecule has 3 rings (SSSR count). The number of hydrogen-bond donors (Lipinski definition) is 3. The van der Waals surface area contributed by atoms with Gasteiger partial charge in [-0.05, 0) is 54.4 Å². The maximum absolute atomic E-state index is 14.0. The number of anilines is 2. The highest BCUT2D eigenvalue weighted by Crippen LogP contribution is 2.29. The molecule has 0 spiro atoms. The quantitative estimate of drug-likeness (QED) is 0.479. The van der Waals surface area contributed by atoms with Gasteiger partial charge in [0, 0.05) is 17.1 Å². The van der Waals surface area contributed by atoms with E-state index in [1.54, 1.807) is 36.4 Å². The molecular formula is C23H20ClFN2O4. The highest BCUT2D eigenvalue weighted by atomic mass is 35.5. The van der Waals surface area contributed by atoms with E-state index in [9.17, 15) is 19.1 Å². The van der Waals surface area contributed by atoms with Crippen LogP contribution in [0.2, 0.25) is 5.02 Å². The van der Waals surface area contributed by atoms with Crippen molar-refractivity contribution in [2.75, 3.05) is 17.7 Å². The van der Waals surface area contributed by atoms with E-state index in [-0.39, 0.29) is 34.4 Å². The molecule has 2 amide bonds. The van der Waals surface area contributed by atoms with Gasteiger partial charge < -0.3 is 20.5 Å². The normalized spacial score (nSPS) is 10.4. The molecule has 6 nitrogen and oxygen atoms in total. The molecule has 0 aliphatic carbocycles. The summed E-state index contributed by atoms with van der Waals surface area (Å²) < 4.78 is 19.3. The minimum atomic E-state index is -0.752. The molecule has 3 aromatic carbocycles. The molecule has 0 aliphatic heterocycles. The fraction of sp³-hybridized carbons (Fsp3) is 0.130. The Labute approximate surface area is 183 Å². The van der Waals surface area contributed by atoms with Crippen LogP contribution in [-0.2, 0) is 11.2 Å².